The lowest BCUT2D eigenvalue weighted by Gasteiger charge is -2.19. The molecule has 0 aliphatic heterocycles. The molecule has 0 radical (unpaired) electrons. The molecule has 0 bridgehead atoms. The van der Waals surface area contributed by atoms with Gasteiger partial charge in [0.25, 0.3) is 0 Å². The van der Waals surface area contributed by atoms with Crippen LogP contribution in [0.4, 0.5) is 0 Å². The van der Waals surface area contributed by atoms with Crippen molar-refractivity contribution in [3.05, 3.63) is 35.9 Å². The molecule has 1 aromatic carbocycles. The van der Waals surface area contributed by atoms with Gasteiger partial charge in [-0.05, 0) is 24.8 Å². The summed E-state index contributed by atoms with van der Waals surface area (Å²) in [6.45, 7) is 0.0973. The Morgan fingerprint density at radius 1 is 1.06 bits per heavy atom. The lowest BCUT2D eigenvalue weighted by atomic mass is 10.1. The Balaban J connectivity index is 2.56. The molecule has 11 nitrogen and oxygen atoms in total. The number of carbonyl (C=O) groups is 4. The van der Waals surface area contributed by atoms with Crippen molar-refractivity contribution < 1.29 is 19.2 Å². The molecule has 1 rings (SSSR count). The molecule has 0 fully saturated rings. The third-order valence-corrected chi connectivity index (χ3v) is 4.20. The van der Waals surface area contributed by atoms with E-state index in [1.54, 1.807) is 0 Å². The smallest absolute Gasteiger partial charge is 0.243 e. The number of rotatable bonds is 14. The van der Waals surface area contributed by atoms with Crippen LogP contribution in [0.2, 0.25) is 0 Å². The van der Waals surface area contributed by atoms with E-state index in [0.717, 1.165) is 5.56 Å². The Morgan fingerprint density at radius 2 is 1.77 bits per heavy atom. The third-order valence-electron chi connectivity index (χ3n) is 4.20. The molecule has 0 aliphatic carbocycles. The topological polar surface area (TPSA) is 195 Å². The van der Waals surface area contributed by atoms with Gasteiger partial charge in [0.2, 0.25) is 17.7 Å². The Hall–Kier alpha value is -3.47. The van der Waals surface area contributed by atoms with Crippen molar-refractivity contribution >= 4 is 30.0 Å². The molecule has 9 N–H and O–H groups in total. The normalized spacial score (nSPS) is 12.2. The molecule has 0 spiro atoms. The summed E-state index contributed by atoms with van der Waals surface area (Å²) >= 11 is 0. The zero-order valence-corrected chi connectivity index (χ0v) is 17.4. The summed E-state index contributed by atoms with van der Waals surface area (Å²) in [4.78, 5) is 51.6. The Kier molecular flexibility index (Phi) is 12.0. The van der Waals surface area contributed by atoms with Gasteiger partial charge in [0.15, 0.2) is 5.96 Å². The lowest BCUT2D eigenvalue weighted by Crippen LogP contribution is -2.50. The van der Waals surface area contributed by atoms with E-state index in [2.05, 4.69) is 20.9 Å². The van der Waals surface area contributed by atoms with Gasteiger partial charge in [0.1, 0.15) is 12.3 Å². The number of benzene rings is 1. The van der Waals surface area contributed by atoms with Crippen LogP contribution < -0.4 is 33.2 Å². The second-order valence-electron chi connectivity index (χ2n) is 6.83. The summed E-state index contributed by atoms with van der Waals surface area (Å²) in [7, 11) is 0. The summed E-state index contributed by atoms with van der Waals surface area (Å²) < 4.78 is 0. The van der Waals surface area contributed by atoms with E-state index >= 15 is 0 Å². The van der Waals surface area contributed by atoms with E-state index in [-0.39, 0.29) is 37.8 Å². The highest BCUT2D eigenvalue weighted by Crippen LogP contribution is 2.02. The average Bonchev–Trinajstić information content (AvgIpc) is 2.74. The van der Waals surface area contributed by atoms with E-state index < -0.39 is 23.9 Å². The second kappa shape index (κ2) is 14.5. The number of carbonyl (C=O) groups excluding carboxylic acids is 4. The van der Waals surface area contributed by atoms with Gasteiger partial charge in [-0.1, -0.05) is 30.3 Å². The molecular formula is C20H31N7O4. The minimum Gasteiger partial charge on any atom is -0.370 e. The second-order valence-corrected chi connectivity index (χ2v) is 6.83. The number of nitrogens with two attached hydrogens (primary N) is 3. The molecular weight excluding hydrogens is 402 g/mol. The van der Waals surface area contributed by atoms with E-state index in [9.17, 15) is 19.2 Å². The predicted octanol–water partition coefficient (Wildman–Crippen LogP) is -2.08. The number of aldehydes is 1. The molecule has 3 amide bonds. The van der Waals surface area contributed by atoms with E-state index in [1.165, 1.54) is 0 Å². The summed E-state index contributed by atoms with van der Waals surface area (Å²) in [6, 6.07) is 7.64. The first-order chi connectivity index (χ1) is 14.8. The minimum atomic E-state index is -0.868. The minimum absolute atomic E-state index is 0.0647. The van der Waals surface area contributed by atoms with Crippen LogP contribution in [0.5, 0.6) is 0 Å². The number of guanidine groups is 1. The van der Waals surface area contributed by atoms with E-state index in [4.69, 9.17) is 17.2 Å². The van der Waals surface area contributed by atoms with Gasteiger partial charge in [0, 0.05) is 19.5 Å². The quantitative estimate of drug-likeness (QED) is 0.0837. The molecule has 0 aromatic heterocycles. The monoisotopic (exact) mass is 433 g/mol. The summed E-state index contributed by atoms with van der Waals surface area (Å²) in [6.07, 6.45) is 1.76. The van der Waals surface area contributed by atoms with Crippen molar-refractivity contribution in [3.8, 4) is 0 Å². The zero-order valence-electron chi connectivity index (χ0n) is 17.4. The standard InChI is InChI=1S/C20H31N7O4/c21-9-8-17(29)27-16(7-4-10-24-20(22)23)19(31)25-12-18(30)26-15(13-28)11-14-5-2-1-3-6-14/h1-3,5-6,13,15-16H,4,7-12,21H2,(H,25,31)(H,26,30)(H,27,29)(H4,22,23,24)/t15-,16-/m0/s1. The number of nitrogens with one attached hydrogen (secondary N) is 3. The van der Waals surface area contributed by atoms with Crippen LogP contribution in [0.25, 0.3) is 0 Å². The SMILES string of the molecule is NCCC(=O)N[C@@H](CCCN=C(N)N)C(=O)NCC(=O)N[C@H](C=O)Cc1ccccc1. The Labute approximate surface area is 181 Å². The van der Waals surface area contributed by atoms with Gasteiger partial charge < -0.3 is 37.9 Å². The predicted molar refractivity (Wildman–Crippen MR) is 117 cm³/mol. The number of aliphatic imine (C=N–C) groups is 1. The maximum atomic E-state index is 12.5. The van der Waals surface area contributed by atoms with Gasteiger partial charge in [-0.2, -0.15) is 0 Å². The van der Waals surface area contributed by atoms with Crippen molar-refractivity contribution in [3.63, 3.8) is 0 Å². The highest BCUT2D eigenvalue weighted by atomic mass is 16.2. The van der Waals surface area contributed by atoms with Gasteiger partial charge in [-0.25, -0.2) is 0 Å². The fourth-order valence-electron chi connectivity index (χ4n) is 2.72. The molecule has 0 unspecified atom stereocenters. The van der Waals surface area contributed by atoms with Crippen LogP contribution in [-0.4, -0.2) is 61.7 Å². The molecule has 0 saturated heterocycles. The van der Waals surface area contributed by atoms with Crippen molar-refractivity contribution in [1.29, 1.82) is 0 Å². The van der Waals surface area contributed by atoms with Gasteiger partial charge in [0.05, 0.1) is 12.6 Å². The van der Waals surface area contributed by atoms with E-state index in [1.807, 2.05) is 30.3 Å². The largest absolute Gasteiger partial charge is 0.370 e. The van der Waals surface area contributed by atoms with Gasteiger partial charge >= 0.3 is 0 Å². The first-order valence-electron chi connectivity index (χ1n) is 9.96. The van der Waals surface area contributed by atoms with Gasteiger partial charge in [-0.15, -0.1) is 0 Å². The van der Waals surface area contributed by atoms with Crippen LogP contribution in [0.15, 0.2) is 35.3 Å². The highest BCUT2D eigenvalue weighted by molar-refractivity contribution is 5.91. The molecule has 170 valence electrons. The lowest BCUT2D eigenvalue weighted by molar-refractivity contribution is -0.130. The molecule has 11 heteroatoms. The third kappa shape index (κ3) is 11.3. The van der Waals surface area contributed by atoms with Crippen molar-refractivity contribution in [2.75, 3.05) is 19.6 Å². The summed E-state index contributed by atoms with van der Waals surface area (Å²) in [5.41, 5.74) is 16.8. The number of nitrogens with zero attached hydrogens (tertiary/aromatic N) is 1. The fraction of sp³-hybridized carbons (Fsp3) is 0.450. The van der Waals surface area contributed by atoms with Crippen molar-refractivity contribution in [2.45, 2.75) is 37.8 Å². The van der Waals surface area contributed by atoms with Crippen LogP contribution in [-0.2, 0) is 25.6 Å². The first-order valence-corrected chi connectivity index (χ1v) is 9.96. The van der Waals surface area contributed by atoms with Crippen molar-refractivity contribution in [2.24, 2.45) is 22.2 Å². The molecule has 0 aliphatic rings. The molecule has 0 saturated carbocycles. The number of hydrogen-bond donors (Lipinski definition) is 6. The fourth-order valence-corrected chi connectivity index (χ4v) is 2.72. The average molecular weight is 434 g/mol. The van der Waals surface area contributed by atoms with E-state index in [0.29, 0.717) is 25.7 Å². The van der Waals surface area contributed by atoms with Gasteiger partial charge in [-0.3, -0.25) is 19.4 Å². The Bertz CT molecular complexity index is 751. The first kappa shape index (κ1) is 25.6. The summed E-state index contributed by atoms with van der Waals surface area (Å²) in [5, 5.41) is 7.62. The Morgan fingerprint density at radius 3 is 2.39 bits per heavy atom. The maximum Gasteiger partial charge on any atom is 0.243 e. The van der Waals surface area contributed by atoms with Crippen LogP contribution in [0.3, 0.4) is 0 Å². The number of hydrogen-bond acceptors (Lipinski definition) is 6. The summed E-state index contributed by atoms with van der Waals surface area (Å²) in [5.74, 6) is -1.49. The molecule has 0 heterocycles. The van der Waals surface area contributed by atoms with Crippen molar-refractivity contribution in [1.82, 2.24) is 16.0 Å². The van der Waals surface area contributed by atoms with Crippen LogP contribution in [0, 0.1) is 0 Å². The molecule has 31 heavy (non-hydrogen) atoms. The maximum absolute atomic E-state index is 12.5. The van der Waals surface area contributed by atoms with Crippen LogP contribution >= 0.6 is 0 Å². The number of amides is 3. The highest BCUT2D eigenvalue weighted by Gasteiger charge is 2.21. The molecule has 1 aromatic rings. The molecule has 2 atom stereocenters. The van der Waals surface area contributed by atoms with Crippen LogP contribution in [0.1, 0.15) is 24.8 Å². The zero-order chi connectivity index (χ0) is 23.1.